The minimum atomic E-state index is 0.380. The maximum Gasteiger partial charge on any atom is 0.0336 e. The highest BCUT2D eigenvalue weighted by atomic mass is 32.2. The molecule has 0 bridgehead atoms. The average molecular weight is 264 g/mol. The predicted molar refractivity (Wildman–Crippen MR) is 79.6 cm³/mol. The zero-order valence-corrected chi connectivity index (χ0v) is 12.4. The number of hydrogen-bond acceptors (Lipinski definition) is 3. The molecular weight excluding hydrogens is 240 g/mol. The summed E-state index contributed by atoms with van der Waals surface area (Å²) in [6.45, 7) is 6.87. The van der Waals surface area contributed by atoms with E-state index in [4.69, 9.17) is 5.84 Å². The first-order valence-electron chi connectivity index (χ1n) is 6.70. The Morgan fingerprint density at radius 3 is 2.72 bits per heavy atom. The first-order chi connectivity index (χ1) is 8.49. The SMILES string of the molecule is CC(C)(C)CCC(NN)C1Cc2ccccc2S1. The minimum absolute atomic E-state index is 0.380. The predicted octanol–water partition coefficient (Wildman–Crippen LogP) is 3.36. The van der Waals surface area contributed by atoms with Crippen molar-refractivity contribution in [2.45, 2.75) is 56.2 Å². The molecule has 1 aromatic carbocycles. The summed E-state index contributed by atoms with van der Waals surface area (Å²) >= 11 is 1.98. The fourth-order valence-electron chi connectivity index (χ4n) is 2.40. The summed E-state index contributed by atoms with van der Waals surface area (Å²) in [6.07, 6.45) is 3.49. The highest BCUT2D eigenvalue weighted by Gasteiger charge is 2.29. The summed E-state index contributed by atoms with van der Waals surface area (Å²) < 4.78 is 0. The maximum atomic E-state index is 5.75. The Bertz CT molecular complexity index is 373. The molecule has 3 N–H and O–H groups in total. The Balaban J connectivity index is 1.96. The summed E-state index contributed by atoms with van der Waals surface area (Å²) in [6, 6.07) is 9.11. The van der Waals surface area contributed by atoms with Crippen LogP contribution in [0.5, 0.6) is 0 Å². The Morgan fingerprint density at radius 1 is 1.39 bits per heavy atom. The van der Waals surface area contributed by atoms with E-state index in [1.54, 1.807) is 0 Å². The van der Waals surface area contributed by atoms with Gasteiger partial charge in [-0.25, -0.2) is 0 Å². The third kappa shape index (κ3) is 3.50. The Kier molecular flexibility index (Phi) is 4.36. The molecule has 2 nitrogen and oxygen atoms in total. The van der Waals surface area contributed by atoms with Gasteiger partial charge in [0.1, 0.15) is 0 Å². The molecule has 0 spiro atoms. The van der Waals surface area contributed by atoms with Crippen LogP contribution in [0.15, 0.2) is 29.2 Å². The van der Waals surface area contributed by atoms with E-state index in [1.807, 2.05) is 11.8 Å². The van der Waals surface area contributed by atoms with Crippen LogP contribution in [-0.4, -0.2) is 11.3 Å². The molecule has 18 heavy (non-hydrogen) atoms. The number of fused-ring (bicyclic) bond motifs is 1. The van der Waals surface area contributed by atoms with Crippen molar-refractivity contribution < 1.29 is 0 Å². The van der Waals surface area contributed by atoms with Crippen LogP contribution in [-0.2, 0) is 6.42 Å². The van der Waals surface area contributed by atoms with Crippen LogP contribution < -0.4 is 11.3 Å². The highest BCUT2D eigenvalue weighted by Crippen LogP contribution is 2.39. The summed E-state index contributed by atoms with van der Waals surface area (Å²) in [5.41, 5.74) is 4.89. The van der Waals surface area contributed by atoms with Crippen LogP contribution in [0, 0.1) is 5.41 Å². The number of nitrogens with two attached hydrogens (primary N) is 1. The van der Waals surface area contributed by atoms with E-state index in [0.29, 0.717) is 16.7 Å². The molecule has 0 saturated heterocycles. The monoisotopic (exact) mass is 264 g/mol. The van der Waals surface area contributed by atoms with E-state index in [2.05, 4.69) is 50.5 Å². The lowest BCUT2D eigenvalue weighted by Gasteiger charge is -2.26. The molecule has 0 fully saturated rings. The number of benzene rings is 1. The normalized spacial score (nSPS) is 20.8. The van der Waals surface area contributed by atoms with E-state index < -0.39 is 0 Å². The fourth-order valence-corrected chi connectivity index (χ4v) is 3.83. The second-order valence-corrected chi connectivity index (χ2v) is 7.62. The van der Waals surface area contributed by atoms with Gasteiger partial charge in [-0.3, -0.25) is 11.3 Å². The molecule has 100 valence electrons. The third-order valence-corrected chi connectivity index (χ3v) is 4.99. The topological polar surface area (TPSA) is 38.0 Å². The van der Waals surface area contributed by atoms with Gasteiger partial charge in [0, 0.05) is 16.2 Å². The standard InChI is InChI=1S/C15H24N2S/c1-15(2,3)9-8-12(17-16)14-10-11-6-4-5-7-13(11)18-14/h4-7,12,14,17H,8-10,16H2,1-3H3. The fraction of sp³-hybridized carbons (Fsp3) is 0.600. The largest absolute Gasteiger partial charge is 0.271 e. The molecule has 0 aromatic heterocycles. The van der Waals surface area contributed by atoms with E-state index in [-0.39, 0.29) is 0 Å². The second-order valence-electron chi connectivity index (χ2n) is 6.34. The molecule has 1 aromatic rings. The van der Waals surface area contributed by atoms with Crippen LogP contribution in [0.3, 0.4) is 0 Å². The minimum Gasteiger partial charge on any atom is -0.271 e. The Hall–Kier alpha value is -0.510. The van der Waals surface area contributed by atoms with Crippen molar-refractivity contribution in [3.8, 4) is 0 Å². The molecule has 2 unspecified atom stereocenters. The number of nitrogens with one attached hydrogen (secondary N) is 1. The van der Waals surface area contributed by atoms with Gasteiger partial charge >= 0.3 is 0 Å². The number of hydrazine groups is 1. The van der Waals surface area contributed by atoms with Crippen molar-refractivity contribution in [2.24, 2.45) is 11.3 Å². The smallest absolute Gasteiger partial charge is 0.0336 e. The molecule has 0 aliphatic carbocycles. The quantitative estimate of drug-likeness (QED) is 0.647. The highest BCUT2D eigenvalue weighted by molar-refractivity contribution is 8.00. The molecule has 1 aliphatic heterocycles. The lowest BCUT2D eigenvalue weighted by molar-refractivity contribution is 0.328. The number of thioether (sulfide) groups is 1. The van der Waals surface area contributed by atoms with Crippen LogP contribution in [0.2, 0.25) is 0 Å². The molecule has 1 heterocycles. The molecule has 2 rings (SSSR count). The van der Waals surface area contributed by atoms with Crippen molar-refractivity contribution >= 4 is 11.8 Å². The lowest BCUT2D eigenvalue weighted by atomic mass is 9.87. The average Bonchev–Trinajstić information content (AvgIpc) is 2.71. The summed E-state index contributed by atoms with van der Waals surface area (Å²) in [7, 11) is 0. The molecule has 2 atom stereocenters. The molecule has 3 heteroatoms. The van der Waals surface area contributed by atoms with Crippen LogP contribution >= 0.6 is 11.8 Å². The molecular formula is C15H24N2S. The molecule has 0 radical (unpaired) electrons. The lowest BCUT2D eigenvalue weighted by Crippen LogP contribution is -2.43. The summed E-state index contributed by atoms with van der Waals surface area (Å²) in [5, 5.41) is 0.578. The van der Waals surface area contributed by atoms with Crippen LogP contribution in [0.1, 0.15) is 39.2 Å². The van der Waals surface area contributed by atoms with E-state index in [1.165, 1.54) is 16.9 Å². The first-order valence-corrected chi connectivity index (χ1v) is 7.58. The Labute approximate surface area is 115 Å². The van der Waals surface area contributed by atoms with E-state index in [0.717, 1.165) is 12.8 Å². The van der Waals surface area contributed by atoms with Gasteiger partial charge in [-0.15, -0.1) is 11.8 Å². The van der Waals surface area contributed by atoms with Crippen molar-refractivity contribution in [2.75, 3.05) is 0 Å². The molecule has 0 amide bonds. The zero-order chi connectivity index (χ0) is 13.2. The maximum absolute atomic E-state index is 5.75. The van der Waals surface area contributed by atoms with Crippen molar-refractivity contribution in [1.82, 2.24) is 5.43 Å². The zero-order valence-electron chi connectivity index (χ0n) is 11.6. The van der Waals surface area contributed by atoms with Crippen LogP contribution in [0.25, 0.3) is 0 Å². The Morgan fingerprint density at radius 2 is 2.11 bits per heavy atom. The van der Waals surface area contributed by atoms with Crippen molar-refractivity contribution in [1.29, 1.82) is 0 Å². The van der Waals surface area contributed by atoms with Gasteiger partial charge in [0.05, 0.1) is 0 Å². The van der Waals surface area contributed by atoms with Crippen molar-refractivity contribution in [3.63, 3.8) is 0 Å². The molecule has 1 aliphatic rings. The summed E-state index contributed by atoms with van der Waals surface area (Å²) in [4.78, 5) is 1.43. The van der Waals surface area contributed by atoms with Gasteiger partial charge in [-0.2, -0.15) is 0 Å². The van der Waals surface area contributed by atoms with Gasteiger partial charge < -0.3 is 0 Å². The second kappa shape index (κ2) is 5.64. The van der Waals surface area contributed by atoms with Crippen molar-refractivity contribution in [3.05, 3.63) is 29.8 Å². The van der Waals surface area contributed by atoms with Gasteiger partial charge in [-0.05, 0) is 36.3 Å². The van der Waals surface area contributed by atoms with E-state index in [9.17, 15) is 0 Å². The van der Waals surface area contributed by atoms with Crippen LogP contribution in [0.4, 0.5) is 0 Å². The first kappa shape index (κ1) is 13.9. The van der Waals surface area contributed by atoms with Gasteiger partial charge in [0.2, 0.25) is 0 Å². The third-order valence-electron chi connectivity index (χ3n) is 3.54. The van der Waals surface area contributed by atoms with Gasteiger partial charge in [0.15, 0.2) is 0 Å². The number of hydrogen-bond donors (Lipinski definition) is 2. The number of rotatable bonds is 4. The van der Waals surface area contributed by atoms with Gasteiger partial charge in [-0.1, -0.05) is 39.0 Å². The van der Waals surface area contributed by atoms with E-state index >= 15 is 0 Å². The molecule has 0 saturated carbocycles. The van der Waals surface area contributed by atoms with Gasteiger partial charge in [0.25, 0.3) is 0 Å². The summed E-state index contributed by atoms with van der Waals surface area (Å²) in [5.74, 6) is 5.75.